The lowest BCUT2D eigenvalue weighted by Gasteiger charge is -2.11. The van der Waals surface area contributed by atoms with E-state index in [9.17, 15) is 9.59 Å². The third-order valence-corrected chi connectivity index (χ3v) is 4.40. The molecule has 1 unspecified atom stereocenters. The van der Waals surface area contributed by atoms with Crippen LogP contribution in [0.5, 0.6) is 0 Å². The molecular formula is C18H17N3O3S. The van der Waals surface area contributed by atoms with E-state index in [0.29, 0.717) is 5.13 Å². The number of carbonyl (C=O) groups is 2. The number of anilines is 1. The minimum Gasteiger partial charge on any atom is -0.459 e. The quantitative estimate of drug-likeness (QED) is 0.734. The van der Waals surface area contributed by atoms with E-state index in [0.717, 1.165) is 16.8 Å². The van der Waals surface area contributed by atoms with Crippen molar-refractivity contribution in [1.82, 2.24) is 10.3 Å². The van der Waals surface area contributed by atoms with Gasteiger partial charge in [0.15, 0.2) is 10.9 Å². The summed E-state index contributed by atoms with van der Waals surface area (Å²) in [6.45, 7) is 3.62. The minimum atomic E-state index is -0.719. The van der Waals surface area contributed by atoms with Crippen LogP contribution in [0.2, 0.25) is 0 Å². The van der Waals surface area contributed by atoms with Crippen molar-refractivity contribution in [2.45, 2.75) is 19.9 Å². The van der Waals surface area contributed by atoms with Crippen LogP contribution >= 0.6 is 11.3 Å². The Morgan fingerprint density at radius 2 is 2.00 bits per heavy atom. The Kier molecular flexibility index (Phi) is 4.95. The van der Waals surface area contributed by atoms with Gasteiger partial charge < -0.3 is 15.1 Å². The van der Waals surface area contributed by atoms with Gasteiger partial charge in [0.25, 0.3) is 5.91 Å². The average molecular weight is 355 g/mol. The van der Waals surface area contributed by atoms with E-state index in [-0.39, 0.29) is 11.7 Å². The molecule has 0 radical (unpaired) electrons. The van der Waals surface area contributed by atoms with Crippen molar-refractivity contribution in [3.05, 3.63) is 59.4 Å². The number of amides is 2. The first kappa shape index (κ1) is 16.9. The Labute approximate surface area is 148 Å². The molecule has 0 aliphatic rings. The second-order valence-corrected chi connectivity index (χ2v) is 6.37. The summed E-state index contributed by atoms with van der Waals surface area (Å²) in [4.78, 5) is 28.6. The van der Waals surface area contributed by atoms with Crippen LogP contribution < -0.4 is 10.6 Å². The lowest BCUT2D eigenvalue weighted by molar-refractivity contribution is -0.117. The van der Waals surface area contributed by atoms with Crippen LogP contribution in [0.3, 0.4) is 0 Å². The molecule has 6 nitrogen and oxygen atoms in total. The number of carbonyl (C=O) groups excluding carboxylic acids is 2. The standard InChI is InChI=1S/C18H17N3O3S/c1-11-6-3-4-7-13(11)14-10-25-18(20-14)21-16(22)12(2)19-17(23)15-8-5-9-24-15/h3-10,12H,1-2H3,(H,19,23)(H,20,21,22). The van der Waals surface area contributed by atoms with Gasteiger partial charge in [0.1, 0.15) is 6.04 Å². The molecule has 0 fully saturated rings. The summed E-state index contributed by atoms with van der Waals surface area (Å²) < 4.78 is 5.00. The number of thiazole rings is 1. The molecule has 1 aromatic carbocycles. The molecule has 0 aliphatic carbocycles. The summed E-state index contributed by atoms with van der Waals surface area (Å²) in [6, 6.07) is 10.4. The first-order valence-electron chi connectivity index (χ1n) is 7.71. The molecule has 128 valence electrons. The fourth-order valence-corrected chi connectivity index (χ4v) is 2.98. The van der Waals surface area contributed by atoms with Crippen LogP contribution in [0.25, 0.3) is 11.3 Å². The summed E-state index contributed by atoms with van der Waals surface area (Å²) in [5.74, 6) is -0.617. The van der Waals surface area contributed by atoms with Gasteiger partial charge in [-0.3, -0.25) is 9.59 Å². The Balaban J connectivity index is 1.63. The van der Waals surface area contributed by atoms with Gasteiger partial charge in [-0.15, -0.1) is 11.3 Å². The SMILES string of the molecule is Cc1ccccc1-c1csc(NC(=O)C(C)NC(=O)c2ccco2)n1. The zero-order valence-electron chi connectivity index (χ0n) is 13.8. The molecule has 3 rings (SSSR count). The second kappa shape index (κ2) is 7.31. The predicted octanol–water partition coefficient (Wildman–Crippen LogP) is 3.47. The van der Waals surface area contributed by atoms with E-state index < -0.39 is 11.9 Å². The maximum absolute atomic E-state index is 12.2. The highest BCUT2D eigenvalue weighted by molar-refractivity contribution is 7.14. The number of nitrogens with one attached hydrogen (secondary N) is 2. The number of hydrogen-bond donors (Lipinski definition) is 2. The first-order chi connectivity index (χ1) is 12.0. The molecule has 1 atom stereocenters. The summed E-state index contributed by atoms with van der Waals surface area (Å²) in [7, 11) is 0. The van der Waals surface area contributed by atoms with Gasteiger partial charge >= 0.3 is 0 Å². The Morgan fingerprint density at radius 1 is 1.20 bits per heavy atom. The number of nitrogens with zero attached hydrogens (tertiary/aromatic N) is 1. The van der Waals surface area contributed by atoms with Crippen molar-refractivity contribution in [3.8, 4) is 11.3 Å². The van der Waals surface area contributed by atoms with Crippen molar-refractivity contribution in [2.75, 3.05) is 5.32 Å². The Bertz CT molecular complexity index is 887. The summed E-state index contributed by atoms with van der Waals surface area (Å²) in [6.07, 6.45) is 1.41. The van der Waals surface area contributed by atoms with Gasteiger partial charge in [0.2, 0.25) is 5.91 Å². The molecule has 0 saturated heterocycles. The molecule has 2 N–H and O–H groups in total. The number of aromatic nitrogens is 1. The molecule has 2 amide bonds. The van der Waals surface area contributed by atoms with Gasteiger partial charge in [-0.05, 0) is 31.5 Å². The van der Waals surface area contributed by atoms with Gasteiger partial charge in [0, 0.05) is 10.9 Å². The predicted molar refractivity (Wildman–Crippen MR) is 96.6 cm³/mol. The summed E-state index contributed by atoms with van der Waals surface area (Å²) >= 11 is 1.34. The van der Waals surface area contributed by atoms with E-state index in [1.54, 1.807) is 13.0 Å². The lowest BCUT2D eigenvalue weighted by Crippen LogP contribution is -2.41. The monoisotopic (exact) mass is 355 g/mol. The van der Waals surface area contributed by atoms with Crippen LogP contribution in [0, 0.1) is 6.92 Å². The number of rotatable bonds is 5. The van der Waals surface area contributed by atoms with Crippen molar-refractivity contribution in [3.63, 3.8) is 0 Å². The molecule has 3 aromatic rings. The normalized spacial score (nSPS) is 11.8. The molecule has 7 heteroatoms. The molecule has 2 heterocycles. The molecule has 2 aromatic heterocycles. The van der Waals surface area contributed by atoms with Crippen molar-refractivity contribution < 1.29 is 14.0 Å². The Hall–Kier alpha value is -2.93. The average Bonchev–Trinajstić information content (AvgIpc) is 3.27. The van der Waals surface area contributed by atoms with Gasteiger partial charge in [0.05, 0.1) is 12.0 Å². The van der Waals surface area contributed by atoms with E-state index in [1.807, 2.05) is 36.6 Å². The highest BCUT2D eigenvalue weighted by Gasteiger charge is 2.19. The third-order valence-electron chi connectivity index (χ3n) is 3.64. The second-order valence-electron chi connectivity index (χ2n) is 5.51. The molecule has 0 saturated carbocycles. The fraction of sp³-hybridized carbons (Fsp3) is 0.167. The largest absolute Gasteiger partial charge is 0.459 e. The van der Waals surface area contributed by atoms with Crippen molar-refractivity contribution in [2.24, 2.45) is 0 Å². The van der Waals surface area contributed by atoms with Crippen LogP contribution in [-0.4, -0.2) is 22.8 Å². The highest BCUT2D eigenvalue weighted by Crippen LogP contribution is 2.27. The van der Waals surface area contributed by atoms with Crippen LogP contribution in [-0.2, 0) is 4.79 Å². The van der Waals surface area contributed by atoms with Crippen LogP contribution in [0.15, 0.2) is 52.5 Å². The topological polar surface area (TPSA) is 84.2 Å². The number of aryl methyl sites for hydroxylation is 1. The fourth-order valence-electron chi connectivity index (χ4n) is 2.27. The number of benzene rings is 1. The Morgan fingerprint density at radius 3 is 2.72 bits per heavy atom. The van der Waals surface area contributed by atoms with Gasteiger partial charge in [-0.2, -0.15) is 0 Å². The molecular weight excluding hydrogens is 338 g/mol. The smallest absolute Gasteiger partial charge is 0.287 e. The number of furan rings is 1. The van der Waals surface area contributed by atoms with E-state index in [2.05, 4.69) is 15.6 Å². The summed E-state index contributed by atoms with van der Waals surface area (Å²) in [5.41, 5.74) is 2.95. The molecule has 0 aliphatic heterocycles. The van der Waals surface area contributed by atoms with Crippen molar-refractivity contribution >= 4 is 28.3 Å². The third kappa shape index (κ3) is 3.95. The highest BCUT2D eigenvalue weighted by atomic mass is 32.1. The van der Waals surface area contributed by atoms with Crippen LogP contribution in [0.4, 0.5) is 5.13 Å². The van der Waals surface area contributed by atoms with E-state index >= 15 is 0 Å². The maximum atomic E-state index is 12.2. The van der Waals surface area contributed by atoms with E-state index in [1.165, 1.54) is 23.7 Å². The van der Waals surface area contributed by atoms with Gasteiger partial charge in [-0.25, -0.2) is 4.98 Å². The zero-order chi connectivity index (χ0) is 17.8. The molecule has 0 bridgehead atoms. The first-order valence-corrected chi connectivity index (χ1v) is 8.59. The number of hydrogen-bond acceptors (Lipinski definition) is 5. The minimum absolute atomic E-state index is 0.163. The molecule has 25 heavy (non-hydrogen) atoms. The van der Waals surface area contributed by atoms with Crippen molar-refractivity contribution in [1.29, 1.82) is 0 Å². The maximum Gasteiger partial charge on any atom is 0.287 e. The summed E-state index contributed by atoms with van der Waals surface area (Å²) in [5, 5.41) is 7.69. The van der Waals surface area contributed by atoms with Gasteiger partial charge in [-0.1, -0.05) is 24.3 Å². The van der Waals surface area contributed by atoms with E-state index in [4.69, 9.17) is 4.42 Å². The lowest BCUT2D eigenvalue weighted by atomic mass is 10.1. The zero-order valence-corrected chi connectivity index (χ0v) is 14.6. The van der Waals surface area contributed by atoms with Crippen LogP contribution in [0.1, 0.15) is 23.0 Å². The molecule has 0 spiro atoms.